The van der Waals surface area contributed by atoms with E-state index in [1.54, 1.807) is 12.1 Å². The van der Waals surface area contributed by atoms with E-state index < -0.39 is 11.1 Å². The molecule has 1 aromatic rings. The molecule has 6 heteroatoms. The first-order chi connectivity index (χ1) is 8.02. The molecule has 0 aliphatic heterocycles. The van der Waals surface area contributed by atoms with Gasteiger partial charge in [0.25, 0.3) is 0 Å². The smallest absolute Gasteiger partial charge is 0.327 e. The monoisotopic (exact) mass is 237 g/mol. The standard InChI is InChI=1S/C11H11NO5/c1-2-9-7-8(3-5-10(9)13)4-6-11(14)17-12(15)16/h3-7,13H,2H2,1H3/b6-4+. The lowest BCUT2D eigenvalue weighted by molar-refractivity contribution is -0.728. The zero-order valence-electron chi connectivity index (χ0n) is 9.12. The first-order valence-corrected chi connectivity index (χ1v) is 4.89. The Balaban J connectivity index is 2.78. The van der Waals surface area contributed by atoms with E-state index in [-0.39, 0.29) is 5.75 Å². The Labute approximate surface area is 97.2 Å². The van der Waals surface area contributed by atoms with E-state index in [2.05, 4.69) is 4.84 Å². The van der Waals surface area contributed by atoms with Crippen LogP contribution in [-0.4, -0.2) is 16.2 Å². The predicted molar refractivity (Wildman–Crippen MR) is 59.6 cm³/mol. The van der Waals surface area contributed by atoms with Crippen LogP contribution in [0, 0.1) is 10.1 Å². The van der Waals surface area contributed by atoms with Crippen molar-refractivity contribution in [3.05, 3.63) is 45.5 Å². The maximum absolute atomic E-state index is 10.8. The molecule has 90 valence electrons. The fourth-order valence-electron chi connectivity index (χ4n) is 1.26. The number of benzene rings is 1. The van der Waals surface area contributed by atoms with Crippen LogP contribution in [0.3, 0.4) is 0 Å². The van der Waals surface area contributed by atoms with Gasteiger partial charge in [0.15, 0.2) is 0 Å². The zero-order chi connectivity index (χ0) is 12.8. The Bertz CT molecular complexity index is 467. The lowest BCUT2D eigenvalue weighted by atomic mass is 10.1. The number of hydrogen-bond donors (Lipinski definition) is 1. The van der Waals surface area contributed by atoms with Gasteiger partial charge >= 0.3 is 11.1 Å². The van der Waals surface area contributed by atoms with Crippen molar-refractivity contribution >= 4 is 12.0 Å². The minimum Gasteiger partial charge on any atom is -0.508 e. The van der Waals surface area contributed by atoms with Gasteiger partial charge in [-0.2, -0.15) is 0 Å². The highest BCUT2D eigenvalue weighted by Crippen LogP contribution is 2.19. The molecule has 0 aliphatic carbocycles. The second-order valence-electron chi connectivity index (χ2n) is 3.21. The highest BCUT2D eigenvalue weighted by atomic mass is 17.0. The Morgan fingerprint density at radius 3 is 2.88 bits per heavy atom. The second-order valence-corrected chi connectivity index (χ2v) is 3.21. The summed E-state index contributed by atoms with van der Waals surface area (Å²) in [6.45, 7) is 1.88. The van der Waals surface area contributed by atoms with E-state index in [9.17, 15) is 20.0 Å². The van der Waals surface area contributed by atoms with Gasteiger partial charge in [0.1, 0.15) is 5.75 Å². The van der Waals surface area contributed by atoms with Crippen LogP contribution >= 0.6 is 0 Å². The number of rotatable bonds is 4. The fourth-order valence-corrected chi connectivity index (χ4v) is 1.26. The number of aromatic hydroxyl groups is 1. The molecule has 0 heterocycles. The minimum absolute atomic E-state index is 0.178. The molecule has 0 aliphatic rings. The van der Waals surface area contributed by atoms with Gasteiger partial charge in [-0.1, -0.05) is 13.0 Å². The summed E-state index contributed by atoms with van der Waals surface area (Å²) in [4.78, 5) is 24.4. The maximum Gasteiger partial charge on any atom is 0.327 e. The summed E-state index contributed by atoms with van der Waals surface area (Å²) in [5.41, 5.74) is 1.38. The van der Waals surface area contributed by atoms with E-state index in [0.29, 0.717) is 12.0 Å². The van der Waals surface area contributed by atoms with E-state index in [4.69, 9.17) is 0 Å². The van der Waals surface area contributed by atoms with Gasteiger partial charge in [-0.3, -0.25) is 4.79 Å². The SMILES string of the molecule is CCc1cc(/C=C/C(=O)O[N+](=O)[O-])ccc1O. The molecule has 0 bridgehead atoms. The molecular weight excluding hydrogens is 226 g/mol. The summed E-state index contributed by atoms with van der Waals surface area (Å²) in [5.74, 6) is -0.876. The molecule has 0 unspecified atom stereocenters. The summed E-state index contributed by atoms with van der Waals surface area (Å²) in [7, 11) is 0. The molecule has 0 aromatic heterocycles. The zero-order valence-corrected chi connectivity index (χ0v) is 9.12. The Morgan fingerprint density at radius 2 is 2.29 bits per heavy atom. The summed E-state index contributed by atoms with van der Waals surface area (Å²) in [6.07, 6.45) is 2.98. The second kappa shape index (κ2) is 5.64. The molecule has 0 radical (unpaired) electrons. The van der Waals surface area contributed by atoms with Crippen LogP contribution in [0.1, 0.15) is 18.1 Å². The lowest BCUT2D eigenvalue weighted by Crippen LogP contribution is -2.06. The lowest BCUT2D eigenvalue weighted by Gasteiger charge is -2.02. The number of carbonyl (C=O) groups excluding carboxylic acids is 1. The molecule has 17 heavy (non-hydrogen) atoms. The van der Waals surface area contributed by atoms with E-state index in [1.165, 1.54) is 12.1 Å². The number of hydrogen-bond acceptors (Lipinski definition) is 5. The third-order valence-electron chi connectivity index (χ3n) is 2.06. The molecule has 1 rings (SSSR count). The van der Waals surface area contributed by atoms with Crippen LogP contribution in [0.25, 0.3) is 6.08 Å². The van der Waals surface area contributed by atoms with Crippen molar-refractivity contribution in [2.24, 2.45) is 0 Å². The summed E-state index contributed by atoms with van der Waals surface area (Å²) in [5, 5.41) is 18.1. The first kappa shape index (κ1) is 12.7. The largest absolute Gasteiger partial charge is 0.508 e. The van der Waals surface area contributed by atoms with Gasteiger partial charge in [0.05, 0.1) is 0 Å². The molecule has 0 amide bonds. The minimum atomic E-state index is -1.17. The van der Waals surface area contributed by atoms with Gasteiger partial charge in [0, 0.05) is 6.08 Å². The van der Waals surface area contributed by atoms with E-state index >= 15 is 0 Å². The molecule has 6 nitrogen and oxygen atoms in total. The van der Waals surface area contributed by atoms with Crippen molar-refractivity contribution < 1.29 is 19.8 Å². The van der Waals surface area contributed by atoms with E-state index in [1.807, 2.05) is 6.92 Å². The number of aryl methyl sites for hydroxylation is 1. The topological polar surface area (TPSA) is 89.7 Å². The summed E-state index contributed by atoms with van der Waals surface area (Å²) < 4.78 is 0. The van der Waals surface area contributed by atoms with Crippen molar-refractivity contribution in [3.63, 3.8) is 0 Å². The average Bonchev–Trinajstić information content (AvgIpc) is 2.27. The van der Waals surface area contributed by atoms with Crippen molar-refractivity contribution in [2.45, 2.75) is 13.3 Å². The molecule has 1 N–H and O–H groups in total. The van der Waals surface area contributed by atoms with Gasteiger partial charge in [-0.15, -0.1) is 10.1 Å². The average molecular weight is 237 g/mol. The van der Waals surface area contributed by atoms with Crippen molar-refractivity contribution in [2.75, 3.05) is 0 Å². The number of nitrogens with zero attached hydrogens (tertiary/aromatic N) is 1. The van der Waals surface area contributed by atoms with Gasteiger partial charge in [-0.25, -0.2) is 4.84 Å². The van der Waals surface area contributed by atoms with E-state index in [0.717, 1.165) is 11.6 Å². The van der Waals surface area contributed by atoms with Crippen molar-refractivity contribution in [1.29, 1.82) is 0 Å². The van der Waals surface area contributed by atoms with Crippen molar-refractivity contribution in [1.82, 2.24) is 0 Å². The van der Waals surface area contributed by atoms with Crippen LogP contribution in [0.2, 0.25) is 0 Å². The molecule has 0 saturated carbocycles. The van der Waals surface area contributed by atoms with Gasteiger partial charge in [-0.05, 0) is 35.8 Å². The third kappa shape index (κ3) is 3.94. The van der Waals surface area contributed by atoms with Crippen LogP contribution in [0.4, 0.5) is 0 Å². The Morgan fingerprint density at radius 1 is 1.59 bits per heavy atom. The third-order valence-corrected chi connectivity index (χ3v) is 2.06. The van der Waals surface area contributed by atoms with Crippen molar-refractivity contribution in [3.8, 4) is 5.75 Å². The molecule has 0 atom stereocenters. The van der Waals surface area contributed by atoms with Gasteiger partial charge in [0.2, 0.25) is 0 Å². The van der Waals surface area contributed by atoms with Crippen LogP contribution in [-0.2, 0) is 16.1 Å². The highest BCUT2D eigenvalue weighted by molar-refractivity contribution is 5.86. The Kier molecular flexibility index (Phi) is 4.21. The van der Waals surface area contributed by atoms with Crippen LogP contribution in [0.5, 0.6) is 5.75 Å². The molecule has 0 spiro atoms. The number of phenolic OH excluding ortho intramolecular Hbond substituents is 1. The maximum atomic E-state index is 10.8. The fraction of sp³-hybridized carbons (Fsp3) is 0.182. The molecular formula is C11H11NO5. The normalized spacial score (nSPS) is 10.4. The molecule has 1 aromatic carbocycles. The quantitative estimate of drug-likeness (QED) is 0.489. The predicted octanol–water partition coefficient (Wildman–Crippen LogP) is 1.70. The van der Waals surface area contributed by atoms with Crippen LogP contribution < -0.4 is 0 Å². The van der Waals surface area contributed by atoms with Gasteiger partial charge < -0.3 is 5.11 Å². The number of carbonyl (C=O) groups is 1. The summed E-state index contributed by atoms with van der Waals surface area (Å²) >= 11 is 0. The molecule has 0 saturated heterocycles. The highest BCUT2D eigenvalue weighted by Gasteiger charge is 2.03. The Hall–Kier alpha value is -2.37. The van der Waals surface area contributed by atoms with Crippen LogP contribution in [0.15, 0.2) is 24.3 Å². The molecule has 0 fully saturated rings. The summed E-state index contributed by atoms with van der Waals surface area (Å²) in [6, 6.07) is 4.77. The first-order valence-electron chi connectivity index (χ1n) is 4.89. The number of phenols is 1.